The first-order chi connectivity index (χ1) is 9.84. The van der Waals surface area contributed by atoms with E-state index in [4.69, 9.17) is 0 Å². The Kier molecular flexibility index (Phi) is 4.11. The van der Waals surface area contributed by atoms with Gasteiger partial charge >= 0.3 is 0 Å². The van der Waals surface area contributed by atoms with Crippen molar-refractivity contribution < 1.29 is 0 Å². The Morgan fingerprint density at radius 3 is 3.05 bits per heavy atom. The SMILES string of the molecule is CC1CCCC1CNCc1cn[nH]c1-c1cccnc1. The summed E-state index contributed by atoms with van der Waals surface area (Å²) in [5, 5.41) is 10.8. The van der Waals surface area contributed by atoms with Gasteiger partial charge in [0.05, 0.1) is 11.9 Å². The molecule has 2 N–H and O–H groups in total. The Hall–Kier alpha value is -1.68. The second-order valence-electron chi connectivity index (χ2n) is 5.81. The number of nitrogens with zero attached hydrogens (tertiary/aromatic N) is 2. The highest BCUT2D eigenvalue weighted by Crippen LogP contribution is 2.30. The largest absolute Gasteiger partial charge is 0.312 e. The van der Waals surface area contributed by atoms with Crippen LogP contribution in [0.5, 0.6) is 0 Å². The average Bonchev–Trinajstić information content (AvgIpc) is 3.10. The molecule has 2 aromatic heterocycles. The van der Waals surface area contributed by atoms with Crippen LogP contribution in [0.1, 0.15) is 31.7 Å². The predicted molar refractivity (Wildman–Crippen MR) is 80.0 cm³/mol. The molecule has 4 nitrogen and oxygen atoms in total. The molecule has 1 aliphatic rings. The summed E-state index contributed by atoms with van der Waals surface area (Å²) in [4.78, 5) is 4.17. The summed E-state index contributed by atoms with van der Waals surface area (Å²) >= 11 is 0. The average molecular weight is 270 g/mol. The molecule has 0 saturated heterocycles. The minimum absolute atomic E-state index is 0.837. The Bertz CT molecular complexity index is 534. The third kappa shape index (κ3) is 2.90. The van der Waals surface area contributed by atoms with Crippen molar-refractivity contribution in [2.24, 2.45) is 11.8 Å². The highest BCUT2D eigenvalue weighted by Gasteiger charge is 2.22. The normalized spacial score (nSPS) is 22.2. The van der Waals surface area contributed by atoms with Gasteiger partial charge in [0.25, 0.3) is 0 Å². The van der Waals surface area contributed by atoms with Gasteiger partial charge in [0, 0.05) is 30.1 Å². The molecule has 2 unspecified atom stereocenters. The first-order valence-electron chi connectivity index (χ1n) is 7.48. The van der Waals surface area contributed by atoms with E-state index in [1.54, 1.807) is 6.20 Å². The van der Waals surface area contributed by atoms with Crippen molar-refractivity contribution in [3.8, 4) is 11.3 Å². The molecule has 1 aliphatic carbocycles. The fourth-order valence-electron chi connectivity index (χ4n) is 3.12. The van der Waals surface area contributed by atoms with Crippen LogP contribution in [0.25, 0.3) is 11.3 Å². The standard InChI is InChI=1S/C16H22N4/c1-12-4-2-5-13(12)8-18-10-15-11-19-20-16(15)14-6-3-7-17-9-14/h3,6-7,9,11-13,18H,2,4-5,8,10H2,1H3,(H,19,20). The van der Waals surface area contributed by atoms with Crippen molar-refractivity contribution >= 4 is 0 Å². The molecule has 0 aliphatic heterocycles. The molecule has 0 bridgehead atoms. The van der Waals surface area contributed by atoms with E-state index in [-0.39, 0.29) is 0 Å². The number of aromatic nitrogens is 3. The number of H-pyrrole nitrogens is 1. The molecule has 1 saturated carbocycles. The summed E-state index contributed by atoms with van der Waals surface area (Å²) < 4.78 is 0. The number of nitrogens with one attached hydrogen (secondary N) is 2. The van der Waals surface area contributed by atoms with Crippen LogP contribution in [0.4, 0.5) is 0 Å². The van der Waals surface area contributed by atoms with Crippen LogP contribution >= 0.6 is 0 Å². The topological polar surface area (TPSA) is 53.6 Å². The molecule has 2 aromatic rings. The van der Waals surface area contributed by atoms with E-state index in [2.05, 4.69) is 33.5 Å². The van der Waals surface area contributed by atoms with Crippen LogP contribution in [0, 0.1) is 11.8 Å². The quantitative estimate of drug-likeness (QED) is 0.878. The molecule has 0 radical (unpaired) electrons. The zero-order chi connectivity index (χ0) is 13.8. The molecule has 20 heavy (non-hydrogen) atoms. The van der Waals surface area contributed by atoms with E-state index >= 15 is 0 Å². The summed E-state index contributed by atoms with van der Waals surface area (Å²) in [6.07, 6.45) is 9.72. The molecule has 3 rings (SSSR count). The van der Waals surface area contributed by atoms with Crippen LogP contribution in [0.3, 0.4) is 0 Å². The second kappa shape index (κ2) is 6.18. The number of hydrogen-bond acceptors (Lipinski definition) is 3. The van der Waals surface area contributed by atoms with Crippen LogP contribution in [-0.4, -0.2) is 21.7 Å². The van der Waals surface area contributed by atoms with Crippen molar-refractivity contribution in [2.75, 3.05) is 6.54 Å². The molecular weight excluding hydrogens is 248 g/mol. The molecule has 2 heterocycles. The van der Waals surface area contributed by atoms with Crippen LogP contribution in [0.2, 0.25) is 0 Å². The summed E-state index contributed by atoms with van der Waals surface area (Å²) in [6.45, 7) is 4.35. The summed E-state index contributed by atoms with van der Waals surface area (Å²) in [5.41, 5.74) is 3.38. The highest BCUT2D eigenvalue weighted by molar-refractivity contribution is 5.61. The van der Waals surface area contributed by atoms with Crippen molar-refractivity contribution in [3.05, 3.63) is 36.3 Å². The third-order valence-corrected chi connectivity index (χ3v) is 4.43. The van der Waals surface area contributed by atoms with E-state index in [1.807, 2.05) is 18.5 Å². The smallest absolute Gasteiger partial charge is 0.0710 e. The van der Waals surface area contributed by atoms with Crippen molar-refractivity contribution in [3.63, 3.8) is 0 Å². The van der Waals surface area contributed by atoms with Gasteiger partial charge in [-0.05, 0) is 36.9 Å². The Balaban J connectivity index is 1.60. The van der Waals surface area contributed by atoms with Crippen molar-refractivity contribution in [1.29, 1.82) is 0 Å². The molecule has 1 fully saturated rings. The molecule has 0 aromatic carbocycles. The maximum Gasteiger partial charge on any atom is 0.0710 e. The number of rotatable bonds is 5. The molecule has 0 amide bonds. The molecular formula is C16H22N4. The summed E-state index contributed by atoms with van der Waals surface area (Å²) in [6, 6.07) is 4.01. The van der Waals surface area contributed by atoms with Gasteiger partial charge in [-0.15, -0.1) is 0 Å². The minimum atomic E-state index is 0.837. The minimum Gasteiger partial charge on any atom is -0.312 e. The lowest BCUT2D eigenvalue weighted by Crippen LogP contribution is -2.24. The lowest BCUT2D eigenvalue weighted by molar-refractivity contribution is 0.392. The highest BCUT2D eigenvalue weighted by atomic mass is 15.1. The van der Waals surface area contributed by atoms with Gasteiger partial charge in [-0.3, -0.25) is 10.1 Å². The molecule has 106 valence electrons. The van der Waals surface area contributed by atoms with Gasteiger partial charge in [-0.25, -0.2) is 0 Å². The van der Waals surface area contributed by atoms with Gasteiger partial charge < -0.3 is 5.32 Å². The van der Waals surface area contributed by atoms with Crippen LogP contribution in [0.15, 0.2) is 30.7 Å². The van der Waals surface area contributed by atoms with Gasteiger partial charge in [0.2, 0.25) is 0 Å². The van der Waals surface area contributed by atoms with E-state index in [9.17, 15) is 0 Å². The number of aromatic amines is 1. The lowest BCUT2D eigenvalue weighted by atomic mass is 9.98. The Labute approximate surface area is 120 Å². The fourth-order valence-corrected chi connectivity index (χ4v) is 3.12. The number of hydrogen-bond donors (Lipinski definition) is 2. The molecule has 2 atom stereocenters. The molecule has 4 heteroatoms. The van der Waals surface area contributed by atoms with E-state index in [1.165, 1.54) is 24.8 Å². The maximum absolute atomic E-state index is 4.17. The monoisotopic (exact) mass is 270 g/mol. The zero-order valence-corrected chi connectivity index (χ0v) is 12.0. The van der Waals surface area contributed by atoms with Crippen molar-refractivity contribution in [2.45, 2.75) is 32.7 Å². The summed E-state index contributed by atoms with van der Waals surface area (Å²) in [7, 11) is 0. The number of pyridine rings is 1. The van der Waals surface area contributed by atoms with Gasteiger partial charge in [-0.2, -0.15) is 5.10 Å². The maximum atomic E-state index is 4.17. The Morgan fingerprint density at radius 2 is 2.30 bits per heavy atom. The van der Waals surface area contributed by atoms with Gasteiger partial charge in [0.1, 0.15) is 0 Å². The van der Waals surface area contributed by atoms with Crippen LogP contribution < -0.4 is 5.32 Å². The van der Waals surface area contributed by atoms with E-state index in [0.717, 1.165) is 36.2 Å². The Morgan fingerprint density at radius 1 is 1.35 bits per heavy atom. The first kappa shape index (κ1) is 13.3. The first-order valence-corrected chi connectivity index (χ1v) is 7.48. The molecule has 0 spiro atoms. The van der Waals surface area contributed by atoms with Gasteiger partial charge in [0.15, 0.2) is 0 Å². The second-order valence-corrected chi connectivity index (χ2v) is 5.81. The van der Waals surface area contributed by atoms with E-state index in [0.29, 0.717) is 0 Å². The lowest BCUT2D eigenvalue weighted by Gasteiger charge is -2.15. The van der Waals surface area contributed by atoms with E-state index < -0.39 is 0 Å². The third-order valence-electron chi connectivity index (χ3n) is 4.43. The summed E-state index contributed by atoms with van der Waals surface area (Å²) in [5.74, 6) is 1.70. The zero-order valence-electron chi connectivity index (χ0n) is 12.0. The predicted octanol–water partition coefficient (Wildman–Crippen LogP) is 3.00. The fraction of sp³-hybridized carbons (Fsp3) is 0.500. The van der Waals surface area contributed by atoms with Crippen molar-refractivity contribution in [1.82, 2.24) is 20.5 Å². The van der Waals surface area contributed by atoms with Crippen LogP contribution in [-0.2, 0) is 6.54 Å². The van der Waals surface area contributed by atoms with Gasteiger partial charge in [-0.1, -0.05) is 19.8 Å².